The number of aromatic nitrogens is 1. The molecule has 2 fully saturated rings. The Balaban J connectivity index is 1.55. The fraction of sp³-hybridized carbons (Fsp3) is 0.550. The van der Waals surface area contributed by atoms with Crippen molar-refractivity contribution >= 4 is 38.6 Å². The molecule has 1 aromatic heterocycles. The average molecular weight is 440 g/mol. The van der Waals surface area contributed by atoms with E-state index in [1.54, 1.807) is 28.7 Å². The van der Waals surface area contributed by atoms with Gasteiger partial charge in [0.2, 0.25) is 10.0 Å². The third kappa shape index (κ3) is 3.95. The van der Waals surface area contributed by atoms with Crippen LogP contribution in [0.25, 0.3) is 0 Å². The van der Waals surface area contributed by atoms with Gasteiger partial charge in [-0.25, -0.2) is 13.4 Å². The van der Waals surface area contributed by atoms with E-state index in [0.29, 0.717) is 22.5 Å². The van der Waals surface area contributed by atoms with Crippen LogP contribution in [0.15, 0.2) is 35.4 Å². The summed E-state index contributed by atoms with van der Waals surface area (Å²) < 4.78 is 29.1. The highest BCUT2D eigenvalue weighted by Gasteiger charge is 2.53. The number of halogens is 1. The highest BCUT2D eigenvalue weighted by atomic mass is 35.5. The number of fused-ring (bicyclic) bond motifs is 2. The van der Waals surface area contributed by atoms with E-state index in [9.17, 15) is 8.42 Å². The highest BCUT2D eigenvalue weighted by Crippen LogP contribution is 2.53. The van der Waals surface area contributed by atoms with E-state index in [1.807, 2.05) is 6.07 Å². The molecule has 1 aliphatic heterocycles. The summed E-state index contributed by atoms with van der Waals surface area (Å²) in [5.41, 5.74) is 1.03. The van der Waals surface area contributed by atoms with Gasteiger partial charge in [-0.05, 0) is 48.3 Å². The summed E-state index contributed by atoms with van der Waals surface area (Å²) in [4.78, 5) is 5.39. The molecule has 0 amide bonds. The van der Waals surface area contributed by atoms with Gasteiger partial charge in [-0.2, -0.15) is 4.31 Å². The molecule has 8 heteroatoms. The first-order chi connectivity index (χ1) is 13.1. The van der Waals surface area contributed by atoms with Gasteiger partial charge in [0, 0.05) is 29.3 Å². The third-order valence-electron chi connectivity index (χ3n) is 5.80. The van der Waals surface area contributed by atoms with Crippen molar-refractivity contribution in [2.75, 3.05) is 11.9 Å². The number of thiazole rings is 1. The van der Waals surface area contributed by atoms with E-state index in [-0.39, 0.29) is 16.9 Å². The lowest BCUT2D eigenvalue weighted by atomic mass is 9.65. The van der Waals surface area contributed by atoms with Crippen molar-refractivity contribution < 1.29 is 8.42 Å². The standard InChI is InChI=1S/C20H26ClN3O2S2/c1-19(2)8-15-9-20(3,12-19)13-24(15)28(25,26)17-6-4-5-14(7-17)22-10-16-11-23-18(21)27-16/h4-7,11,15,22H,8-10,12-13H2,1-3H3. The molecule has 5 nitrogen and oxygen atoms in total. The quantitative estimate of drug-likeness (QED) is 0.712. The molecule has 0 spiro atoms. The number of nitrogens with zero attached hydrogens (tertiary/aromatic N) is 2. The van der Waals surface area contributed by atoms with Crippen LogP contribution in [0.5, 0.6) is 0 Å². The third-order valence-corrected chi connectivity index (χ3v) is 8.81. The Morgan fingerprint density at radius 3 is 2.82 bits per heavy atom. The van der Waals surface area contributed by atoms with Crippen LogP contribution in [-0.4, -0.2) is 30.3 Å². The number of nitrogens with one attached hydrogen (secondary N) is 1. The molecular weight excluding hydrogens is 414 g/mol. The van der Waals surface area contributed by atoms with Gasteiger partial charge in [-0.3, -0.25) is 0 Å². The van der Waals surface area contributed by atoms with Gasteiger partial charge in [0.05, 0.1) is 11.4 Å². The van der Waals surface area contributed by atoms with Crippen LogP contribution in [0.1, 0.15) is 44.9 Å². The van der Waals surface area contributed by atoms with Crippen molar-refractivity contribution in [3.8, 4) is 0 Å². The molecule has 2 aromatic rings. The predicted molar refractivity (Wildman–Crippen MR) is 114 cm³/mol. The molecule has 28 heavy (non-hydrogen) atoms. The molecule has 2 bridgehead atoms. The largest absolute Gasteiger partial charge is 0.380 e. The van der Waals surface area contributed by atoms with E-state index in [4.69, 9.17) is 11.6 Å². The summed E-state index contributed by atoms with van der Waals surface area (Å²) in [6, 6.07) is 7.19. The first-order valence-corrected chi connectivity index (χ1v) is 12.2. The number of hydrogen-bond acceptors (Lipinski definition) is 5. The van der Waals surface area contributed by atoms with Gasteiger partial charge in [-0.15, -0.1) is 11.3 Å². The first kappa shape index (κ1) is 20.1. The maximum Gasteiger partial charge on any atom is 0.243 e. The molecule has 1 saturated heterocycles. The number of anilines is 1. The fourth-order valence-electron chi connectivity index (χ4n) is 5.15. The van der Waals surface area contributed by atoms with Crippen LogP contribution < -0.4 is 5.32 Å². The predicted octanol–water partition coefficient (Wildman–Crippen LogP) is 5.00. The Bertz CT molecular complexity index is 989. The number of sulfonamides is 1. The Hall–Kier alpha value is -1.15. The molecule has 2 unspecified atom stereocenters. The Labute approximate surface area is 176 Å². The summed E-state index contributed by atoms with van der Waals surface area (Å²) in [5, 5.41) is 3.27. The lowest BCUT2D eigenvalue weighted by molar-refractivity contribution is 0.133. The van der Waals surface area contributed by atoms with Crippen LogP contribution >= 0.6 is 22.9 Å². The van der Waals surface area contributed by atoms with Crippen molar-refractivity contribution in [3.05, 3.63) is 39.8 Å². The summed E-state index contributed by atoms with van der Waals surface area (Å²) >= 11 is 7.28. The first-order valence-electron chi connectivity index (χ1n) is 9.52. The van der Waals surface area contributed by atoms with E-state index < -0.39 is 10.0 Å². The zero-order valence-corrected chi connectivity index (χ0v) is 18.8. The van der Waals surface area contributed by atoms with Gasteiger partial charge in [0.1, 0.15) is 0 Å². The second-order valence-electron chi connectivity index (χ2n) is 9.22. The van der Waals surface area contributed by atoms with E-state index in [1.165, 1.54) is 11.3 Å². The molecule has 1 aliphatic carbocycles. The van der Waals surface area contributed by atoms with E-state index in [2.05, 4.69) is 31.1 Å². The molecule has 0 radical (unpaired) electrons. The maximum atomic E-state index is 13.4. The van der Waals surface area contributed by atoms with E-state index in [0.717, 1.165) is 29.8 Å². The lowest BCUT2D eigenvalue weighted by Gasteiger charge is -2.39. The normalized spacial score (nSPS) is 27.1. The SMILES string of the molecule is CC1(C)CC2CC(C)(CN2S(=O)(=O)c2cccc(NCc3cnc(Cl)s3)c2)C1. The molecular formula is C20H26ClN3O2S2. The lowest BCUT2D eigenvalue weighted by Crippen LogP contribution is -2.37. The van der Waals surface area contributed by atoms with Crippen molar-refractivity contribution in [2.24, 2.45) is 10.8 Å². The van der Waals surface area contributed by atoms with Crippen LogP contribution in [-0.2, 0) is 16.6 Å². The summed E-state index contributed by atoms with van der Waals surface area (Å²) in [5.74, 6) is 0. The second kappa shape index (κ2) is 6.97. The van der Waals surface area contributed by atoms with Crippen LogP contribution in [0.4, 0.5) is 5.69 Å². The fourth-order valence-corrected chi connectivity index (χ4v) is 7.88. The van der Waals surface area contributed by atoms with Crippen molar-refractivity contribution in [1.82, 2.24) is 9.29 Å². The van der Waals surface area contributed by atoms with Gasteiger partial charge in [0.25, 0.3) is 0 Å². The molecule has 4 rings (SSSR count). The minimum atomic E-state index is -3.52. The molecule has 1 N–H and O–H groups in total. The van der Waals surface area contributed by atoms with Gasteiger partial charge < -0.3 is 5.32 Å². The minimum Gasteiger partial charge on any atom is -0.380 e. The topological polar surface area (TPSA) is 62.3 Å². The van der Waals surface area contributed by atoms with Crippen LogP contribution in [0.3, 0.4) is 0 Å². The maximum absolute atomic E-state index is 13.4. The molecule has 1 aromatic carbocycles. The summed E-state index contributed by atoms with van der Waals surface area (Å²) in [6.07, 6.45) is 4.68. The Morgan fingerprint density at radius 1 is 1.32 bits per heavy atom. The monoisotopic (exact) mass is 439 g/mol. The second-order valence-corrected chi connectivity index (χ2v) is 12.8. The summed E-state index contributed by atoms with van der Waals surface area (Å²) in [6.45, 7) is 7.91. The number of rotatable bonds is 5. The van der Waals surface area contributed by atoms with E-state index >= 15 is 0 Å². The number of benzene rings is 1. The van der Waals surface area contributed by atoms with Crippen LogP contribution in [0, 0.1) is 10.8 Å². The summed E-state index contributed by atoms with van der Waals surface area (Å²) in [7, 11) is -3.52. The van der Waals surface area contributed by atoms with Crippen molar-refractivity contribution in [3.63, 3.8) is 0 Å². The molecule has 2 heterocycles. The zero-order valence-electron chi connectivity index (χ0n) is 16.4. The van der Waals surface area contributed by atoms with Crippen molar-refractivity contribution in [2.45, 2.75) is 57.5 Å². The van der Waals surface area contributed by atoms with Crippen LogP contribution in [0.2, 0.25) is 4.47 Å². The molecule has 152 valence electrons. The van der Waals surface area contributed by atoms with Crippen molar-refractivity contribution in [1.29, 1.82) is 0 Å². The Kier molecular flexibility index (Phi) is 5.01. The zero-order chi connectivity index (χ0) is 20.2. The Morgan fingerprint density at radius 2 is 2.11 bits per heavy atom. The molecule has 1 saturated carbocycles. The minimum absolute atomic E-state index is 0.0702. The molecule has 2 aliphatic rings. The molecule has 2 atom stereocenters. The van der Waals surface area contributed by atoms with Gasteiger partial charge >= 0.3 is 0 Å². The number of hydrogen-bond donors (Lipinski definition) is 1. The smallest absolute Gasteiger partial charge is 0.243 e. The average Bonchev–Trinajstić information content (AvgIpc) is 3.12. The van der Waals surface area contributed by atoms with Gasteiger partial charge in [-0.1, -0.05) is 38.4 Å². The van der Waals surface area contributed by atoms with Gasteiger partial charge in [0.15, 0.2) is 4.47 Å². The highest BCUT2D eigenvalue weighted by molar-refractivity contribution is 7.89.